The van der Waals surface area contributed by atoms with Crippen LogP contribution in [0, 0.1) is 12.8 Å². The van der Waals surface area contributed by atoms with Crippen LogP contribution >= 0.6 is 0 Å². The number of hydrogen-bond acceptors (Lipinski definition) is 7. The van der Waals surface area contributed by atoms with Gasteiger partial charge in [-0.05, 0) is 38.3 Å². The molecular formula is C17H23N3O7S2. The molecule has 0 saturated carbocycles. The van der Waals surface area contributed by atoms with E-state index in [-0.39, 0.29) is 42.5 Å². The van der Waals surface area contributed by atoms with Gasteiger partial charge in [-0.15, -0.1) is 0 Å². The van der Waals surface area contributed by atoms with E-state index in [1.54, 1.807) is 6.92 Å². The van der Waals surface area contributed by atoms with Crippen LogP contribution in [0.3, 0.4) is 0 Å². The summed E-state index contributed by atoms with van der Waals surface area (Å²) in [5.74, 6) is -1.40. The molecule has 1 atom stereocenters. The third kappa shape index (κ3) is 4.54. The second-order valence-corrected chi connectivity index (χ2v) is 10.9. The maximum absolute atomic E-state index is 12.8. The molecule has 1 aromatic rings. The van der Waals surface area contributed by atoms with Gasteiger partial charge in [-0.25, -0.2) is 25.9 Å². The van der Waals surface area contributed by atoms with E-state index in [9.17, 15) is 26.4 Å². The molecule has 3 rings (SSSR count). The zero-order valence-electron chi connectivity index (χ0n) is 16.3. The van der Waals surface area contributed by atoms with Gasteiger partial charge in [0.05, 0.1) is 16.8 Å². The molecule has 2 heterocycles. The first kappa shape index (κ1) is 21.5. The zero-order chi connectivity index (χ0) is 21.6. The lowest BCUT2D eigenvalue weighted by molar-refractivity contribution is -0.124. The van der Waals surface area contributed by atoms with Gasteiger partial charge in [0.25, 0.3) is 15.9 Å². The number of anilines is 1. The molecule has 12 heteroatoms. The largest absolute Gasteiger partial charge is 0.479 e. The Hall–Kier alpha value is -2.18. The summed E-state index contributed by atoms with van der Waals surface area (Å²) >= 11 is 0. The van der Waals surface area contributed by atoms with Gasteiger partial charge in [0.2, 0.25) is 15.9 Å². The van der Waals surface area contributed by atoms with E-state index < -0.39 is 38.0 Å². The minimum Gasteiger partial charge on any atom is -0.479 e. The predicted molar refractivity (Wildman–Crippen MR) is 104 cm³/mol. The van der Waals surface area contributed by atoms with E-state index in [2.05, 4.69) is 10.0 Å². The number of nitrogens with one attached hydrogen (secondary N) is 2. The normalized spacial score (nSPS) is 21.1. The van der Waals surface area contributed by atoms with E-state index in [0.717, 1.165) is 6.26 Å². The number of amides is 2. The van der Waals surface area contributed by atoms with Gasteiger partial charge in [-0.1, -0.05) is 0 Å². The molecule has 0 radical (unpaired) electrons. The van der Waals surface area contributed by atoms with E-state index >= 15 is 0 Å². The first-order chi connectivity index (χ1) is 13.4. The molecule has 0 spiro atoms. The Labute approximate surface area is 169 Å². The number of benzene rings is 1. The number of nitrogens with zero attached hydrogens (tertiary/aromatic N) is 1. The van der Waals surface area contributed by atoms with Gasteiger partial charge >= 0.3 is 0 Å². The first-order valence-electron chi connectivity index (χ1n) is 9.02. The Kier molecular flexibility index (Phi) is 5.62. The molecule has 2 aliphatic rings. The molecule has 0 unspecified atom stereocenters. The van der Waals surface area contributed by atoms with Crippen LogP contribution in [0.4, 0.5) is 5.69 Å². The summed E-state index contributed by atoms with van der Waals surface area (Å²) in [4.78, 5) is 24.1. The quantitative estimate of drug-likeness (QED) is 0.674. The van der Waals surface area contributed by atoms with Crippen LogP contribution in [0.25, 0.3) is 0 Å². The van der Waals surface area contributed by atoms with Crippen LogP contribution in [-0.4, -0.2) is 58.4 Å². The average molecular weight is 446 g/mol. The molecule has 160 valence electrons. The lowest BCUT2D eigenvalue weighted by Crippen LogP contribution is -2.44. The third-order valence-corrected chi connectivity index (χ3v) is 7.82. The summed E-state index contributed by atoms with van der Waals surface area (Å²) in [6, 6.07) is 2.76. The highest BCUT2D eigenvalue weighted by molar-refractivity contribution is 7.90. The Morgan fingerprint density at radius 1 is 1.21 bits per heavy atom. The number of rotatable bonds is 4. The van der Waals surface area contributed by atoms with E-state index in [1.807, 2.05) is 0 Å². The molecule has 2 amide bonds. The molecule has 1 fully saturated rings. The standard InChI is InChI=1S/C17H23N3O7S2/c1-10-8-13-14(27-11(2)16(21)18-13)9-15(10)29(25,26)19-17(22)12-4-6-20(7-5-12)28(3,23)24/h8-9,11-12H,4-7H2,1-3H3,(H,18,21)(H,19,22)/t11-/m0/s1. The van der Waals surface area contributed by atoms with Crippen molar-refractivity contribution in [2.24, 2.45) is 5.92 Å². The number of aryl methyl sites for hydroxylation is 1. The van der Waals surface area contributed by atoms with Gasteiger partial charge in [0.1, 0.15) is 5.75 Å². The van der Waals surface area contributed by atoms with Crippen molar-refractivity contribution in [3.63, 3.8) is 0 Å². The van der Waals surface area contributed by atoms with E-state index in [4.69, 9.17) is 4.74 Å². The molecule has 0 aromatic heterocycles. The van der Waals surface area contributed by atoms with Crippen LogP contribution < -0.4 is 14.8 Å². The summed E-state index contributed by atoms with van der Waals surface area (Å²) in [5, 5.41) is 2.64. The zero-order valence-corrected chi connectivity index (χ0v) is 17.9. The number of fused-ring (bicyclic) bond motifs is 1. The van der Waals surface area contributed by atoms with Crippen molar-refractivity contribution in [1.82, 2.24) is 9.03 Å². The second-order valence-electron chi connectivity index (χ2n) is 7.27. The fraction of sp³-hybridized carbons (Fsp3) is 0.529. The summed E-state index contributed by atoms with van der Waals surface area (Å²) < 4.78 is 57.5. The summed E-state index contributed by atoms with van der Waals surface area (Å²) in [6.45, 7) is 3.42. The van der Waals surface area contributed by atoms with Crippen LogP contribution in [0.1, 0.15) is 25.3 Å². The van der Waals surface area contributed by atoms with Gasteiger partial charge in [-0.2, -0.15) is 0 Å². The number of ether oxygens (including phenoxy) is 1. The van der Waals surface area contributed by atoms with Crippen molar-refractivity contribution in [3.05, 3.63) is 17.7 Å². The van der Waals surface area contributed by atoms with Gasteiger partial charge in [-0.3, -0.25) is 9.59 Å². The van der Waals surface area contributed by atoms with Crippen molar-refractivity contribution in [3.8, 4) is 5.75 Å². The molecular weight excluding hydrogens is 422 g/mol. The van der Waals surface area contributed by atoms with Gasteiger partial charge < -0.3 is 10.1 Å². The summed E-state index contributed by atoms with van der Waals surface area (Å²) in [7, 11) is -7.51. The second kappa shape index (κ2) is 7.58. The van der Waals surface area contributed by atoms with Crippen LogP contribution in [0.5, 0.6) is 5.75 Å². The molecule has 10 nitrogen and oxygen atoms in total. The fourth-order valence-electron chi connectivity index (χ4n) is 3.35. The maximum atomic E-state index is 12.8. The lowest BCUT2D eigenvalue weighted by Gasteiger charge is -2.29. The molecule has 0 aliphatic carbocycles. The topological polar surface area (TPSA) is 139 Å². The minimum atomic E-state index is -4.17. The Bertz CT molecular complexity index is 1060. The van der Waals surface area contributed by atoms with Crippen LogP contribution in [0.2, 0.25) is 0 Å². The highest BCUT2D eigenvalue weighted by atomic mass is 32.2. The number of carbonyl (C=O) groups excluding carboxylic acids is 2. The number of carbonyl (C=O) groups is 2. The smallest absolute Gasteiger partial charge is 0.265 e. The molecule has 1 aromatic carbocycles. The maximum Gasteiger partial charge on any atom is 0.265 e. The Morgan fingerprint density at radius 3 is 2.41 bits per heavy atom. The Balaban J connectivity index is 1.76. The van der Waals surface area contributed by atoms with Gasteiger partial charge in [0.15, 0.2) is 6.10 Å². The predicted octanol–water partition coefficient (Wildman–Crippen LogP) is 0.191. The third-order valence-electron chi connectivity index (χ3n) is 5.03. The van der Waals surface area contributed by atoms with Crippen molar-refractivity contribution < 1.29 is 31.2 Å². The number of sulfonamides is 2. The van der Waals surface area contributed by atoms with Crippen LogP contribution in [-0.2, 0) is 29.6 Å². The molecule has 2 N–H and O–H groups in total. The average Bonchev–Trinajstić information content (AvgIpc) is 2.61. The number of piperidine rings is 1. The van der Waals surface area contributed by atoms with E-state index in [0.29, 0.717) is 11.3 Å². The molecule has 0 bridgehead atoms. The first-order valence-corrected chi connectivity index (χ1v) is 12.4. The van der Waals surface area contributed by atoms with Crippen molar-refractivity contribution in [1.29, 1.82) is 0 Å². The summed E-state index contributed by atoms with van der Waals surface area (Å²) in [6.07, 6.45) is 0.812. The number of hydrogen-bond donors (Lipinski definition) is 2. The SMILES string of the molecule is Cc1cc2c(cc1S(=O)(=O)NC(=O)C1CCN(S(C)(=O)=O)CC1)O[C@@H](C)C(=O)N2. The fourth-order valence-corrected chi connectivity index (χ4v) is 5.51. The molecule has 29 heavy (non-hydrogen) atoms. The highest BCUT2D eigenvalue weighted by Gasteiger charge is 2.32. The molecule has 1 saturated heterocycles. The van der Waals surface area contributed by atoms with Gasteiger partial charge in [0, 0.05) is 25.1 Å². The summed E-state index contributed by atoms with van der Waals surface area (Å²) in [5.41, 5.74) is 0.707. The van der Waals surface area contributed by atoms with E-state index in [1.165, 1.54) is 23.4 Å². The van der Waals surface area contributed by atoms with Crippen LogP contribution in [0.15, 0.2) is 17.0 Å². The lowest BCUT2D eigenvalue weighted by atomic mass is 9.98. The minimum absolute atomic E-state index is 0.124. The van der Waals surface area contributed by atoms with Crippen molar-refractivity contribution in [2.75, 3.05) is 24.7 Å². The van der Waals surface area contributed by atoms with Crippen molar-refractivity contribution in [2.45, 2.75) is 37.7 Å². The van der Waals surface area contributed by atoms with Crippen molar-refractivity contribution >= 4 is 37.5 Å². The Morgan fingerprint density at radius 2 is 1.83 bits per heavy atom. The molecule has 2 aliphatic heterocycles. The monoisotopic (exact) mass is 445 g/mol. The highest BCUT2D eigenvalue weighted by Crippen LogP contribution is 2.34.